The van der Waals surface area contributed by atoms with Crippen molar-refractivity contribution in [3.8, 4) is 0 Å². The van der Waals surface area contributed by atoms with E-state index >= 15 is 0 Å². The molecule has 0 bridgehead atoms. The number of ether oxygens (including phenoxy) is 1. The van der Waals surface area contributed by atoms with Gasteiger partial charge in [0.25, 0.3) is 0 Å². The Balaban J connectivity index is 1.91. The molecular formula is C13H27N3O. The number of nitrogens with zero attached hydrogens (tertiary/aromatic N) is 2. The molecule has 0 aromatic rings. The maximum atomic E-state index is 6.01. The van der Waals surface area contributed by atoms with Crippen molar-refractivity contribution in [2.24, 2.45) is 5.73 Å². The molecule has 1 unspecified atom stereocenters. The first-order chi connectivity index (χ1) is 8.25. The SMILES string of the molecule is CCC(CN)(COC)N1CCN(C2CC2)CC1. The van der Waals surface area contributed by atoms with Crippen molar-refractivity contribution >= 4 is 0 Å². The molecule has 1 aliphatic carbocycles. The highest BCUT2D eigenvalue weighted by Crippen LogP contribution is 2.29. The third-order valence-corrected chi connectivity index (χ3v) is 4.50. The molecule has 4 heteroatoms. The zero-order valence-corrected chi connectivity index (χ0v) is 11.3. The zero-order chi connectivity index (χ0) is 12.3. The average Bonchev–Trinajstić information content (AvgIpc) is 3.21. The van der Waals surface area contributed by atoms with E-state index in [-0.39, 0.29) is 5.54 Å². The largest absolute Gasteiger partial charge is 0.383 e. The first-order valence-electron chi connectivity index (χ1n) is 6.94. The normalized spacial score (nSPS) is 27.0. The summed E-state index contributed by atoms with van der Waals surface area (Å²) in [5, 5.41) is 0. The zero-order valence-electron chi connectivity index (χ0n) is 11.3. The Labute approximate surface area is 105 Å². The fourth-order valence-corrected chi connectivity index (χ4v) is 3.02. The van der Waals surface area contributed by atoms with Crippen LogP contribution in [0.5, 0.6) is 0 Å². The fraction of sp³-hybridized carbons (Fsp3) is 1.00. The van der Waals surface area contributed by atoms with E-state index in [1.807, 2.05) is 0 Å². The van der Waals surface area contributed by atoms with E-state index in [0.717, 1.165) is 32.2 Å². The van der Waals surface area contributed by atoms with Crippen LogP contribution < -0.4 is 5.73 Å². The van der Waals surface area contributed by atoms with Crippen molar-refractivity contribution < 1.29 is 4.74 Å². The van der Waals surface area contributed by atoms with Crippen molar-refractivity contribution in [2.75, 3.05) is 46.4 Å². The van der Waals surface area contributed by atoms with E-state index in [1.165, 1.54) is 25.9 Å². The van der Waals surface area contributed by atoms with Gasteiger partial charge in [0.15, 0.2) is 0 Å². The summed E-state index contributed by atoms with van der Waals surface area (Å²) in [7, 11) is 1.78. The minimum atomic E-state index is 0.0599. The second-order valence-corrected chi connectivity index (χ2v) is 5.47. The van der Waals surface area contributed by atoms with Gasteiger partial charge in [-0.15, -0.1) is 0 Å². The molecule has 17 heavy (non-hydrogen) atoms. The van der Waals surface area contributed by atoms with Crippen LogP contribution in [0.25, 0.3) is 0 Å². The predicted molar refractivity (Wildman–Crippen MR) is 70.1 cm³/mol. The third kappa shape index (κ3) is 2.81. The molecule has 2 aliphatic rings. The van der Waals surface area contributed by atoms with Crippen LogP contribution in [0.3, 0.4) is 0 Å². The second-order valence-electron chi connectivity index (χ2n) is 5.47. The molecule has 1 saturated carbocycles. The summed E-state index contributed by atoms with van der Waals surface area (Å²) >= 11 is 0. The Bertz CT molecular complexity index is 231. The number of hydrogen-bond donors (Lipinski definition) is 1. The molecule has 4 nitrogen and oxygen atoms in total. The van der Waals surface area contributed by atoms with Gasteiger partial charge in [0.2, 0.25) is 0 Å². The summed E-state index contributed by atoms with van der Waals surface area (Å²) in [6.45, 7) is 8.37. The van der Waals surface area contributed by atoms with E-state index < -0.39 is 0 Å². The number of nitrogens with two attached hydrogens (primary N) is 1. The molecule has 0 amide bonds. The summed E-state index contributed by atoms with van der Waals surface area (Å²) in [6, 6.07) is 0.897. The van der Waals surface area contributed by atoms with E-state index in [2.05, 4.69) is 16.7 Å². The highest BCUT2D eigenvalue weighted by atomic mass is 16.5. The highest BCUT2D eigenvalue weighted by molar-refractivity contribution is 4.95. The lowest BCUT2D eigenvalue weighted by Gasteiger charge is -2.46. The molecule has 0 spiro atoms. The van der Waals surface area contributed by atoms with Gasteiger partial charge in [-0.1, -0.05) is 6.92 Å². The van der Waals surface area contributed by atoms with Gasteiger partial charge in [0.1, 0.15) is 0 Å². The minimum absolute atomic E-state index is 0.0599. The molecule has 100 valence electrons. The summed E-state index contributed by atoms with van der Waals surface area (Å²) < 4.78 is 5.39. The monoisotopic (exact) mass is 241 g/mol. The Morgan fingerprint density at radius 3 is 2.29 bits per heavy atom. The van der Waals surface area contributed by atoms with Crippen LogP contribution in [0.15, 0.2) is 0 Å². The molecule has 2 rings (SSSR count). The summed E-state index contributed by atoms with van der Waals surface area (Å²) in [4.78, 5) is 5.19. The number of rotatable bonds is 6. The Morgan fingerprint density at radius 2 is 1.88 bits per heavy atom. The maximum absolute atomic E-state index is 6.01. The van der Waals surface area contributed by atoms with Crippen LogP contribution in [0, 0.1) is 0 Å². The van der Waals surface area contributed by atoms with Gasteiger partial charge in [-0.25, -0.2) is 0 Å². The van der Waals surface area contributed by atoms with Crippen LogP contribution in [0.1, 0.15) is 26.2 Å². The van der Waals surface area contributed by atoms with Crippen LogP contribution in [0.2, 0.25) is 0 Å². The van der Waals surface area contributed by atoms with Gasteiger partial charge >= 0.3 is 0 Å². The molecule has 1 saturated heterocycles. The molecule has 2 fully saturated rings. The van der Waals surface area contributed by atoms with Gasteiger partial charge in [-0.3, -0.25) is 9.80 Å². The van der Waals surface area contributed by atoms with Crippen LogP contribution in [-0.2, 0) is 4.74 Å². The minimum Gasteiger partial charge on any atom is -0.383 e. The fourth-order valence-electron chi connectivity index (χ4n) is 3.02. The van der Waals surface area contributed by atoms with Crippen LogP contribution >= 0.6 is 0 Å². The van der Waals surface area contributed by atoms with Crippen LogP contribution in [0.4, 0.5) is 0 Å². The Hall–Kier alpha value is -0.160. The Kier molecular flexibility index (Phi) is 4.42. The van der Waals surface area contributed by atoms with Gasteiger partial charge in [-0.2, -0.15) is 0 Å². The molecule has 0 radical (unpaired) electrons. The third-order valence-electron chi connectivity index (χ3n) is 4.50. The second kappa shape index (κ2) is 5.65. The van der Waals surface area contributed by atoms with Gasteiger partial charge in [0.05, 0.1) is 12.1 Å². The molecule has 1 aliphatic heterocycles. The molecule has 2 N–H and O–H groups in total. The number of methoxy groups -OCH3 is 1. The number of hydrogen-bond acceptors (Lipinski definition) is 4. The summed E-state index contributed by atoms with van der Waals surface area (Å²) in [6.07, 6.45) is 3.89. The van der Waals surface area contributed by atoms with Gasteiger partial charge < -0.3 is 10.5 Å². The van der Waals surface area contributed by atoms with Crippen molar-refractivity contribution in [3.63, 3.8) is 0 Å². The van der Waals surface area contributed by atoms with Gasteiger partial charge in [0, 0.05) is 45.9 Å². The first kappa shape index (κ1) is 13.3. The topological polar surface area (TPSA) is 41.7 Å². The lowest BCUT2D eigenvalue weighted by molar-refractivity contribution is -0.0173. The standard InChI is InChI=1S/C13H27N3O/c1-3-13(10-14,11-17-2)16-8-6-15(7-9-16)12-4-5-12/h12H,3-11,14H2,1-2H3. The van der Waals surface area contributed by atoms with E-state index in [4.69, 9.17) is 10.5 Å². The summed E-state index contributed by atoms with van der Waals surface area (Å²) in [5.74, 6) is 0. The van der Waals surface area contributed by atoms with Crippen molar-refractivity contribution in [2.45, 2.75) is 37.8 Å². The lowest BCUT2D eigenvalue weighted by atomic mass is 9.94. The van der Waals surface area contributed by atoms with Crippen molar-refractivity contribution in [3.05, 3.63) is 0 Å². The van der Waals surface area contributed by atoms with E-state index in [1.54, 1.807) is 7.11 Å². The van der Waals surface area contributed by atoms with E-state index in [0.29, 0.717) is 6.54 Å². The molecule has 1 heterocycles. The maximum Gasteiger partial charge on any atom is 0.0658 e. The predicted octanol–water partition coefficient (Wildman–Crippen LogP) is 0.520. The molecular weight excluding hydrogens is 214 g/mol. The van der Waals surface area contributed by atoms with Crippen molar-refractivity contribution in [1.29, 1.82) is 0 Å². The molecule has 0 aromatic carbocycles. The smallest absolute Gasteiger partial charge is 0.0658 e. The molecule has 0 aromatic heterocycles. The molecule has 1 atom stereocenters. The van der Waals surface area contributed by atoms with Crippen LogP contribution in [-0.4, -0.2) is 67.8 Å². The quantitative estimate of drug-likeness (QED) is 0.736. The van der Waals surface area contributed by atoms with E-state index in [9.17, 15) is 0 Å². The first-order valence-corrected chi connectivity index (χ1v) is 6.94. The van der Waals surface area contributed by atoms with Crippen molar-refractivity contribution in [1.82, 2.24) is 9.80 Å². The highest BCUT2D eigenvalue weighted by Gasteiger charge is 2.38. The average molecular weight is 241 g/mol. The lowest BCUT2D eigenvalue weighted by Crippen LogP contribution is -2.62. The number of piperazine rings is 1. The van der Waals surface area contributed by atoms with Gasteiger partial charge in [-0.05, 0) is 19.3 Å². The summed E-state index contributed by atoms with van der Waals surface area (Å²) in [5.41, 5.74) is 6.07. The Morgan fingerprint density at radius 1 is 1.24 bits per heavy atom.